The Labute approximate surface area is 77.7 Å². The zero-order valence-corrected chi connectivity index (χ0v) is 9.20. The van der Waals surface area contributed by atoms with E-state index in [0.717, 1.165) is 12.8 Å². The fourth-order valence-electron chi connectivity index (χ4n) is 1.02. The van der Waals surface area contributed by atoms with Crippen molar-refractivity contribution in [2.75, 3.05) is 5.33 Å². The Morgan fingerprint density at radius 1 is 1.36 bits per heavy atom. The Morgan fingerprint density at radius 2 is 1.82 bits per heavy atom. The zero-order valence-electron chi connectivity index (χ0n) is 7.61. The lowest BCUT2D eigenvalue weighted by Gasteiger charge is -2.25. The molecule has 0 spiro atoms. The lowest BCUT2D eigenvalue weighted by atomic mass is 9.80. The highest BCUT2D eigenvalue weighted by Crippen LogP contribution is 2.29. The smallest absolute Gasteiger partial charge is 0.143 e. The summed E-state index contributed by atoms with van der Waals surface area (Å²) in [6.45, 7) is 6.46. The van der Waals surface area contributed by atoms with E-state index in [0.29, 0.717) is 17.5 Å². The lowest BCUT2D eigenvalue weighted by molar-refractivity contribution is -0.118. The maximum atomic E-state index is 11.1. The number of carbonyl (C=O) groups is 1. The normalized spacial score (nSPS) is 11.6. The van der Waals surface area contributed by atoms with Gasteiger partial charge in [-0.05, 0) is 5.41 Å². The van der Waals surface area contributed by atoms with E-state index in [1.165, 1.54) is 0 Å². The van der Waals surface area contributed by atoms with E-state index in [9.17, 15) is 4.79 Å². The Bertz CT molecular complexity index is 128. The first kappa shape index (κ1) is 11.2. The summed E-state index contributed by atoms with van der Waals surface area (Å²) >= 11 is 3.18. The molecule has 0 aromatic heterocycles. The minimum atomic E-state index is 0.227. The molecule has 66 valence electrons. The maximum absolute atomic E-state index is 11.1. The summed E-state index contributed by atoms with van der Waals surface area (Å²) in [7, 11) is 0. The second kappa shape index (κ2) is 4.91. The highest BCUT2D eigenvalue weighted by atomic mass is 79.9. The van der Waals surface area contributed by atoms with Crippen LogP contribution in [0.25, 0.3) is 0 Å². The van der Waals surface area contributed by atoms with Crippen LogP contribution in [-0.4, -0.2) is 11.1 Å². The maximum Gasteiger partial charge on any atom is 0.143 e. The molecule has 0 fully saturated rings. The summed E-state index contributed by atoms with van der Waals surface area (Å²) in [6, 6.07) is 0. The van der Waals surface area contributed by atoms with E-state index >= 15 is 0 Å². The first-order chi connectivity index (χ1) is 5.08. The Kier molecular flexibility index (Phi) is 4.98. The monoisotopic (exact) mass is 220 g/mol. The minimum Gasteiger partial charge on any atom is -0.299 e. The number of Topliss-reactive ketones (excluding diaryl/α,β-unsaturated/α-hetero) is 1. The summed E-state index contributed by atoms with van der Waals surface area (Å²) in [5, 5.41) is 0.503. The molecule has 0 bridgehead atoms. The molecule has 0 aliphatic carbocycles. The van der Waals surface area contributed by atoms with Crippen molar-refractivity contribution in [1.29, 1.82) is 0 Å². The number of rotatable bonds is 5. The van der Waals surface area contributed by atoms with Gasteiger partial charge in [-0.1, -0.05) is 49.5 Å². The SMILES string of the molecule is CCC(C)(CC)CC(=O)CBr. The molecule has 0 rings (SSSR count). The average Bonchev–Trinajstić information content (AvgIpc) is 2.04. The van der Waals surface area contributed by atoms with Crippen LogP contribution in [0.1, 0.15) is 40.0 Å². The number of halogens is 1. The Balaban J connectivity index is 3.96. The first-order valence-electron chi connectivity index (χ1n) is 4.15. The van der Waals surface area contributed by atoms with Crippen LogP contribution in [0.15, 0.2) is 0 Å². The van der Waals surface area contributed by atoms with Gasteiger partial charge in [0.1, 0.15) is 5.78 Å². The number of carbonyl (C=O) groups excluding carboxylic acids is 1. The van der Waals surface area contributed by atoms with Crippen LogP contribution in [0.2, 0.25) is 0 Å². The van der Waals surface area contributed by atoms with Crippen molar-refractivity contribution in [2.45, 2.75) is 40.0 Å². The molecule has 0 saturated carbocycles. The fraction of sp³-hybridized carbons (Fsp3) is 0.889. The van der Waals surface area contributed by atoms with Gasteiger partial charge in [-0.15, -0.1) is 0 Å². The van der Waals surface area contributed by atoms with Gasteiger partial charge >= 0.3 is 0 Å². The number of hydrogen-bond acceptors (Lipinski definition) is 1. The number of hydrogen-bond donors (Lipinski definition) is 0. The predicted octanol–water partition coefficient (Wildman–Crippen LogP) is 3.17. The number of ketones is 1. The molecule has 0 aliphatic heterocycles. The molecule has 0 radical (unpaired) electrons. The Hall–Kier alpha value is 0.150. The van der Waals surface area contributed by atoms with Crippen molar-refractivity contribution in [3.05, 3.63) is 0 Å². The van der Waals surface area contributed by atoms with Gasteiger partial charge in [0.2, 0.25) is 0 Å². The summed E-state index contributed by atoms with van der Waals surface area (Å²) in [5.41, 5.74) is 0.227. The van der Waals surface area contributed by atoms with Crippen molar-refractivity contribution < 1.29 is 4.79 Å². The van der Waals surface area contributed by atoms with Crippen molar-refractivity contribution in [3.63, 3.8) is 0 Å². The summed E-state index contributed by atoms with van der Waals surface area (Å²) in [6.07, 6.45) is 2.88. The molecule has 1 nitrogen and oxygen atoms in total. The lowest BCUT2D eigenvalue weighted by Crippen LogP contribution is -2.19. The summed E-state index contributed by atoms with van der Waals surface area (Å²) in [5.74, 6) is 0.316. The van der Waals surface area contributed by atoms with E-state index in [2.05, 4.69) is 36.7 Å². The van der Waals surface area contributed by atoms with E-state index in [1.807, 2.05) is 0 Å². The van der Waals surface area contributed by atoms with Crippen LogP contribution >= 0.6 is 15.9 Å². The van der Waals surface area contributed by atoms with E-state index in [1.54, 1.807) is 0 Å². The molecule has 0 heterocycles. The van der Waals surface area contributed by atoms with Crippen LogP contribution in [0.5, 0.6) is 0 Å². The molecule has 0 aliphatic rings. The molecule has 2 heteroatoms. The second-order valence-corrected chi connectivity index (χ2v) is 3.93. The van der Waals surface area contributed by atoms with E-state index in [-0.39, 0.29) is 5.41 Å². The van der Waals surface area contributed by atoms with Gasteiger partial charge in [0, 0.05) is 6.42 Å². The van der Waals surface area contributed by atoms with Gasteiger partial charge in [-0.2, -0.15) is 0 Å². The third kappa shape index (κ3) is 3.90. The van der Waals surface area contributed by atoms with Crippen molar-refractivity contribution in [2.24, 2.45) is 5.41 Å². The van der Waals surface area contributed by atoms with Crippen molar-refractivity contribution in [1.82, 2.24) is 0 Å². The minimum absolute atomic E-state index is 0.227. The fourth-order valence-corrected chi connectivity index (χ4v) is 1.22. The van der Waals surface area contributed by atoms with Crippen molar-refractivity contribution >= 4 is 21.7 Å². The third-order valence-electron chi connectivity index (χ3n) is 2.48. The van der Waals surface area contributed by atoms with Gasteiger partial charge < -0.3 is 0 Å². The quantitative estimate of drug-likeness (QED) is 0.651. The highest BCUT2D eigenvalue weighted by molar-refractivity contribution is 9.09. The largest absolute Gasteiger partial charge is 0.299 e. The predicted molar refractivity (Wildman–Crippen MR) is 52.1 cm³/mol. The van der Waals surface area contributed by atoms with Crippen LogP contribution in [-0.2, 0) is 4.79 Å². The van der Waals surface area contributed by atoms with Gasteiger partial charge in [0.15, 0.2) is 0 Å². The standard InChI is InChI=1S/C9H17BrO/c1-4-9(3,5-2)6-8(11)7-10/h4-7H2,1-3H3. The average molecular weight is 221 g/mol. The molecule has 0 atom stereocenters. The molecule has 0 unspecified atom stereocenters. The van der Waals surface area contributed by atoms with Crippen molar-refractivity contribution in [3.8, 4) is 0 Å². The first-order valence-corrected chi connectivity index (χ1v) is 5.27. The Morgan fingerprint density at radius 3 is 2.09 bits per heavy atom. The summed E-state index contributed by atoms with van der Waals surface area (Å²) < 4.78 is 0. The molecular weight excluding hydrogens is 204 g/mol. The molecule has 0 aromatic rings. The van der Waals surface area contributed by atoms with E-state index in [4.69, 9.17) is 0 Å². The van der Waals surface area contributed by atoms with Crippen LogP contribution in [0, 0.1) is 5.41 Å². The van der Waals surface area contributed by atoms with Crippen LogP contribution in [0.4, 0.5) is 0 Å². The van der Waals surface area contributed by atoms with Gasteiger partial charge in [0.25, 0.3) is 0 Å². The third-order valence-corrected chi connectivity index (χ3v) is 3.11. The van der Waals surface area contributed by atoms with Crippen LogP contribution < -0.4 is 0 Å². The van der Waals surface area contributed by atoms with Gasteiger partial charge in [-0.3, -0.25) is 4.79 Å². The molecule has 0 N–H and O–H groups in total. The molecule has 0 aromatic carbocycles. The van der Waals surface area contributed by atoms with Crippen LogP contribution in [0.3, 0.4) is 0 Å². The molecular formula is C9H17BrO. The summed E-state index contributed by atoms with van der Waals surface area (Å²) in [4.78, 5) is 11.1. The molecule has 0 amide bonds. The van der Waals surface area contributed by atoms with Gasteiger partial charge in [-0.25, -0.2) is 0 Å². The van der Waals surface area contributed by atoms with E-state index < -0.39 is 0 Å². The second-order valence-electron chi connectivity index (χ2n) is 3.37. The number of alkyl halides is 1. The highest BCUT2D eigenvalue weighted by Gasteiger charge is 2.22. The molecule has 0 saturated heterocycles. The topological polar surface area (TPSA) is 17.1 Å². The van der Waals surface area contributed by atoms with Gasteiger partial charge in [0.05, 0.1) is 5.33 Å². The molecule has 11 heavy (non-hydrogen) atoms. The zero-order chi connectivity index (χ0) is 8.91.